The van der Waals surface area contributed by atoms with Crippen LogP contribution in [0.2, 0.25) is 0 Å². The Morgan fingerprint density at radius 2 is 2.00 bits per heavy atom. The average Bonchev–Trinajstić information content (AvgIpc) is 2.48. The maximum absolute atomic E-state index is 12.6. The molecular formula is C18H28N2O3. The van der Waals surface area contributed by atoms with E-state index >= 15 is 0 Å². The fourth-order valence-electron chi connectivity index (χ4n) is 2.80. The lowest BCUT2D eigenvalue weighted by molar-refractivity contribution is -0.153. The molecule has 0 amide bonds. The highest BCUT2D eigenvalue weighted by molar-refractivity contribution is 5.75. The van der Waals surface area contributed by atoms with Gasteiger partial charge in [-0.05, 0) is 59.8 Å². The molecule has 0 aliphatic carbocycles. The highest BCUT2D eigenvalue weighted by Gasteiger charge is 2.22. The van der Waals surface area contributed by atoms with Gasteiger partial charge in [0.2, 0.25) is 0 Å². The predicted octanol–water partition coefficient (Wildman–Crippen LogP) is 2.80. The number of unbranched alkanes of at least 4 members (excludes halogenated alkanes) is 1. The van der Waals surface area contributed by atoms with Gasteiger partial charge in [-0.2, -0.15) is 0 Å². The van der Waals surface area contributed by atoms with Gasteiger partial charge in [0, 0.05) is 24.2 Å². The number of ether oxygens (including phenoxy) is 1. The molecule has 0 atom stereocenters. The van der Waals surface area contributed by atoms with Crippen LogP contribution in [0.3, 0.4) is 0 Å². The summed E-state index contributed by atoms with van der Waals surface area (Å²) in [4.78, 5) is 28.9. The summed E-state index contributed by atoms with van der Waals surface area (Å²) in [5.41, 5.74) is 1.34. The Morgan fingerprint density at radius 1 is 1.26 bits per heavy atom. The van der Waals surface area contributed by atoms with Gasteiger partial charge in [0.25, 0.3) is 5.56 Å². The first-order valence-electron chi connectivity index (χ1n) is 8.57. The van der Waals surface area contributed by atoms with E-state index < -0.39 is 5.41 Å². The van der Waals surface area contributed by atoms with Gasteiger partial charge in [-0.15, -0.1) is 0 Å². The first-order valence-corrected chi connectivity index (χ1v) is 8.57. The molecule has 1 aromatic heterocycles. The molecule has 0 unspecified atom stereocenters. The summed E-state index contributed by atoms with van der Waals surface area (Å²) in [5.74, 6) is 0.755. The Bertz CT molecular complexity index is 626. The fraction of sp³-hybridized carbons (Fsp3) is 0.722. The van der Waals surface area contributed by atoms with E-state index in [-0.39, 0.29) is 11.5 Å². The van der Waals surface area contributed by atoms with Gasteiger partial charge < -0.3 is 4.74 Å². The minimum Gasteiger partial charge on any atom is -0.465 e. The SMILES string of the molecule is Cc1nc2n(c(=O)c1CCCCOC(=O)C(C)(C)C)CCCC2. The summed E-state index contributed by atoms with van der Waals surface area (Å²) in [6.45, 7) is 8.66. The van der Waals surface area contributed by atoms with Crippen LogP contribution in [0.1, 0.15) is 63.5 Å². The third kappa shape index (κ3) is 4.43. The Kier molecular flexibility index (Phi) is 5.60. The number of hydrogen-bond acceptors (Lipinski definition) is 4. The lowest BCUT2D eigenvalue weighted by atomic mass is 9.97. The Morgan fingerprint density at radius 3 is 2.70 bits per heavy atom. The number of carbonyl (C=O) groups excluding carboxylic acids is 1. The smallest absolute Gasteiger partial charge is 0.311 e. The number of aryl methyl sites for hydroxylation is 2. The molecule has 0 radical (unpaired) electrons. The van der Waals surface area contributed by atoms with E-state index in [1.165, 1.54) is 0 Å². The summed E-state index contributed by atoms with van der Waals surface area (Å²) < 4.78 is 7.10. The van der Waals surface area contributed by atoms with Crippen LogP contribution in [-0.4, -0.2) is 22.1 Å². The van der Waals surface area contributed by atoms with Gasteiger partial charge in [-0.25, -0.2) is 4.98 Å². The molecule has 2 rings (SSSR count). The van der Waals surface area contributed by atoms with Crippen molar-refractivity contribution in [3.05, 3.63) is 27.4 Å². The van der Waals surface area contributed by atoms with E-state index in [1.807, 2.05) is 32.3 Å². The second-order valence-corrected chi connectivity index (χ2v) is 7.35. The lowest BCUT2D eigenvalue weighted by Crippen LogP contribution is -2.32. The van der Waals surface area contributed by atoms with Crippen LogP contribution in [-0.2, 0) is 28.9 Å². The van der Waals surface area contributed by atoms with Crippen molar-refractivity contribution in [1.82, 2.24) is 9.55 Å². The van der Waals surface area contributed by atoms with Gasteiger partial charge in [0.15, 0.2) is 0 Å². The van der Waals surface area contributed by atoms with E-state index in [0.29, 0.717) is 13.0 Å². The largest absolute Gasteiger partial charge is 0.465 e. The van der Waals surface area contributed by atoms with Crippen LogP contribution >= 0.6 is 0 Å². The van der Waals surface area contributed by atoms with Crippen molar-refractivity contribution in [2.75, 3.05) is 6.61 Å². The molecule has 1 aliphatic rings. The molecule has 23 heavy (non-hydrogen) atoms. The Balaban J connectivity index is 1.89. The monoisotopic (exact) mass is 320 g/mol. The average molecular weight is 320 g/mol. The summed E-state index contributed by atoms with van der Waals surface area (Å²) in [7, 11) is 0. The van der Waals surface area contributed by atoms with Crippen molar-refractivity contribution < 1.29 is 9.53 Å². The second kappa shape index (κ2) is 7.28. The van der Waals surface area contributed by atoms with Crippen LogP contribution < -0.4 is 5.56 Å². The molecule has 0 spiro atoms. The second-order valence-electron chi connectivity index (χ2n) is 7.35. The fourth-order valence-corrected chi connectivity index (χ4v) is 2.80. The summed E-state index contributed by atoms with van der Waals surface area (Å²) in [5, 5.41) is 0. The van der Waals surface area contributed by atoms with Gasteiger partial charge in [-0.3, -0.25) is 14.2 Å². The quantitative estimate of drug-likeness (QED) is 0.618. The number of nitrogens with zero attached hydrogens (tertiary/aromatic N) is 2. The zero-order chi connectivity index (χ0) is 17.0. The standard InChI is InChI=1S/C18H28N2O3/c1-13-14(9-6-8-12-23-17(22)18(2,3)4)16(21)20-11-7-5-10-15(20)19-13/h5-12H2,1-4H3. The molecule has 0 aromatic carbocycles. The molecule has 0 N–H and O–H groups in total. The zero-order valence-corrected chi connectivity index (χ0v) is 14.8. The number of hydrogen-bond donors (Lipinski definition) is 0. The minimum absolute atomic E-state index is 0.124. The third-order valence-electron chi connectivity index (χ3n) is 4.25. The lowest BCUT2D eigenvalue weighted by Gasteiger charge is -2.19. The van der Waals surface area contributed by atoms with Crippen LogP contribution in [0.15, 0.2) is 4.79 Å². The topological polar surface area (TPSA) is 61.2 Å². The van der Waals surface area contributed by atoms with Crippen LogP contribution in [0, 0.1) is 12.3 Å². The zero-order valence-electron chi connectivity index (χ0n) is 14.8. The molecule has 1 aromatic rings. The Hall–Kier alpha value is -1.65. The molecule has 1 aliphatic heterocycles. The molecule has 0 fully saturated rings. The van der Waals surface area contributed by atoms with Crippen molar-refractivity contribution in [1.29, 1.82) is 0 Å². The van der Waals surface area contributed by atoms with E-state index in [2.05, 4.69) is 4.98 Å². The highest BCUT2D eigenvalue weighted by Crippen LogP contribution is 2.16. The van der Waals surface area contributed by atoms with Crippen molar-refractivity contribution in [3.8, 4) is 0 Å². The first-order chi connectivity index (χ1) is 10.8. The normalized spacial score (nSPS) is 14.4. The summed E-state index contributed by atoms with van der Waals surface area (Å²) >= 11 is 0. The highest BCUT2D eigenvalue weighted by atomic mass is 16.5. The Labute approximate surface area is 138 Å². The van der Waals surface area contributed by atoms with Gasteiger partial charge >= 0.3 is 5.97 Å². The van der Waals surface area contributed by atoms with E-state index in [0.717, 1.165) is 55.7 Å². The molecule has 5 nitrogen and oxygen atoms in total. The van der Waals surface area contributed by atoms with Crippen LogP contribution in [0.4, 0.5) is 0 Å². The van der Waals surface area contributed by atoms with E-state index in [4.69, 9.17) is 4.74 Å². The molecule has 2 heterocycles. The molecule has 0 saturated heterocycles. The van der Waals surface area contributed by atoms with Gasteiger partial charge in [0.1, 0.15) is 5.82 Å². The first kappa shape index (κ1) is 17.7. The number of rotatable bonds is 5. The predicted molar refractivity (Wildman–Crippen MR) is 89.5 cm³/mol. The number of fused-ring (bicyclic) bond motifs is 1. The van der Waals surface area contributed by atoms with E-state index in [1.54, 1.807) is 0 Å². The summed E-state index contributed by atoms with van der Waals surface area (Å²) in [6.07, 6.45) is 5.37. The number of esters is 1. The molecule has 0 bridgehead atoms. The summed E-state index contributed by atoms with van der Waals surface area (Å²) in [6, 6.07) is 0. The van der Waals surface area contributed by atoms with Crippen molar-refractivity contribution in [2.45, 2.75) is 72.8 Å². The van der Waals surface area contributed by atoms with Crippen molar-refractivity contribution in [3.63, 3.8) is 0 Å². The maximum Gasteiger partial charge on any atom is 0.311 e. The molecule has 5 heteroatoms. The molecule has 0 saturated carbocycles. The number of aromatic nitrogens is 2. The van der Waals surface area contributed by atoms with Crippen LogP contribution in [0.5, 0.6) is 0 Å². The molecule has 128 valence electrons. The van der Waals surface area contributed by atoms with Crippen LogP contribution in [0.25, 0.3) is 0 Å². The van der Waals surface area contributed by atoms with Crippen molar-refractivity contribution in [2.24, 2.45) is 5.41 Å². The third-order valence-corrected chi connectivity index (χ3v) is 4.25. The maximum atomic E-state index is 12.6. The molecular weight excluding hydrogens is 292 g/mol. The van der Waals surface area contributed by atoms with E-state index in [9.17, 15) is 9.59 Å². The minimum atomic E-state index is -0.460. The number of carbonyl (C=O) groups is 1. The van der Waals surface area contributed by atoms with Gasteiger partial charge in [-0.1, -0.05) is 0 Å². The van der Waals surface area contributed by atoms with Crippen molar-refractivity contribution >= 4 is 5.97 Å². The van der Waals surface area contributed by atoms with Gasteiger partial charge in [0.05, 0.1) is 12.0 Å².